The third-order valence-electron chi connectivity index (χ3n) is 10.3. The highest BCUT2D eigenvalue weighted by Crippen LogP contribution is 2.42. The number of aliphatic carboxylic acids is 1. The molecule has 1 aromatic heterocycles. The number of ether oxygens (including phenoxy) is 7. The average Bonchev–Trinajstić information content (AvgIpc) is 3.76. The lowest BCUT2D eigenvalue weighted by atomic mass is 9.89. The molecule has 13 heteroatoms. The maximum Gasteiger partial charge on any atom is 0.328 e. The van der Waals surface area contributed by atoms with Crippen LogP contribution in [0.2, 0.25) is 0 Å². The van der Waals surface area contributed by atoms with Crippen LogP contribution in [0.1, 0.15) is 45.7 Å². The second kappa shape index (κ2) is 20.7. The van der Waals surface area contributed by atoms with Gasteiger partial charge in [-0.25, -0.2) is 9.48 Å². The van der Waals surface area contributed by atoms with E-state index >= 15 is 0 Å². The highest BCUT2D eigenvalue weighted by atomic mass is 16.6. The van der Waals surface area contributed by atoms with Gasteiger partial charge in [-0.3, -0.25) is 0 Å². The zero-order valence-electron chi connectivity index (χ0n) is 33.5. The average molecular weight is 816 g/mol. The van der Waals surface area contributed by atoms with Crippen molar-refractivity contribution in [2.24, 2.45) is 0 Å². The molecule has 0 amide bonds. The third-order valence-corrected chi connectivity index (χ3v) is 10.3. The number of hydrogen-bond donors (Lipinski definition) is 2. The molecule has 1 aliphatic rings. The number of hydrogen-bond acceptors (Lipinski definition) is 11. The molecule has 2 heterocycles. The lowest BCUT2D eigenvalue weighted by molar-refractivity contribution is -0.275. The Kier molecular flexibility index (Phi) is 14.5. The smallest absolute Gasteiger partial charge is 0.328 e. The highest BCUT2D eigenvalue weighted by Gasteiger charge is 2.50. The summed E-state index contributed by atoms with van der Waals surface area (Å²) in [4.78, 5) is 12.3. The Hall–Kier alpha value is -6.09. The van der Waals surface area contributed by atoms with Crippen molar-refractivity contribution in [2.75, 3.05) is 20.8 Å². The van der Waals surface area contributed by atoms with Crippen LogP contribution in [0.15, 0.2) is 140 Å². The van der Waals surface area contributed by atoms with E-state index < -0.39 is 42.5 Å². The van der Waals surface area contributed by atoms with Gasteiger partial charge >= 0.3 is 5.97 Å². The zero-order chi connectivity index (χ0) is 41.7. The molecule has 5 aromatic carbocycles. The van der Waals surface area contributed by atoms with Crippen molar-refractivity contribution in [2.45, 2.75) is 69.4 Å². The minimum atomic E-state index is -1.07. The monoisotopic (exact) mass is 815 g/mol. The fourth-order valence-electron chi connectivity index (χ4n) is 7.20. The van der Waals surface area contributed by atoms with Crippen LogP contribution >= 0.6 is 0 Å². The number of phenols is 1. The van der Waals surface area contributed by atoms with Gasteiger partial charge in [0.05, 0.1) is 53.5 Å². The van der Waals surface area contributed by atoms with Crippen molar-refractivity contribution < 1.29 is 48.2 Å². The number of aromatic nitrogens is 3. The Bertz CT molecular complexity index is 2220. The normalized spacial score (nSPS) is 19.4. The lowest BCUT2D eigenvalue weighted by Gasteiger charge is -2.46. The van der Waals surface area contributed by atoms with E-state index in [0.717, 1.165) is 22.3 Å². The maximum absolute atomic E-state index is 12.3. The topological polar surface area (TPSA) is 153 Å². The molecule has 6 aromatic rings. The first kappa shape index (κ1) is 42.0. The van der Waals surface area contributed by atoms with Gasteiger partial charge in [0.25, 0.3) is 0 Å². The van der Waals surface area contributed by atoms with Crippen LogP contribution in [0.4, 0.5) is 0 Å². The van der Waals surface area contributed by atoms with E-state index in [1.807, 2.05) is 109 Å². The minimum absolute atomic E-state index is 0.00738. The number of carbonyl (C=O) groups is 1. The molecule has 60 heavy (non-hydrogen) atoms. The lowest BCUT2D eigenvalue weighted by Crippen LogP contribution is -2.58. The molecule has 0 saturated carbocycles. The minimum Gasteiger partial charge on any atom is -0.508 e. The molecule has 13 nitrogen and oxygen atoms in total. The van der Waals surface area contributed by atoms with Crippen molar-refractivity contribution in [3.05, 3.63) is 173 Å². The van der Waals surface area contributed by atoms with E-state index in [0.29, 0.717) is 22.8 Å². The van der Waals surface area contributed by atoms with Crippen LogP contribution in [0.5, 0.6) is 17.2 Å². The summed E-state index contributed by atoms with van der Waals surface area (Å²) in [6, 6.07) is 40.6. The number of nitrogens with zero attached hydrogens (tertiary/aromatic N) is 3. The number of aromatic hydroxyl groups is 1. The van der Waals surface area contributed by atoms with E-state index in [9.17, 15) is 15.0 Å². The Labute approximate surface area is 349 Å². The van der Waals surface area contributed by atoms with Gasteiger partial charge in [-0.05, 0) is 52.6 Å². The van der Waals surface area contributed by atoms with E-state index in [1.165, 1.54) is 16.8 Å². The molecule has 2 N–H and O–H groups in total. The number of rotatable bonds is 20. The summed E-state index contributed by atoms with van der Waals surface area (Å²) in [6.07, 6.45) is -1.81. The van der Waals surface area contributed by atoms with Gasteiger partial charge in [-0.2, -0.15) is 0 Å². The molecule has 1 saturated heterocycles. The second-order valence-corrected chi connectivity index (χ2v) is 14.4. The molecule has 0 radical (unpaired) electrons. The number of carboxylic acid groups (broad SMARTS) is 1. The van der Waals surface area contributed by atoms with Crippen LogP contribution in [0.25, 0.3) is 0 Å². The van der Waals surface area contributed by atoms with Gasteiger partial charge in [0.2, 0.25) is 0 Å². The molecule has 6 atom stereocenters. The Morgan fingerprint density at radius 1 is 0.700 bits per heavy atom. The predicted octanol–water partition coefficient (Wildman–Crippen LogP) is 7.28. The summed E-state index contributed by atoms with van der Waals surface area (Å²) in [5, 5.41) is 28.1. The number of phenolic OH excluding ortho intramolecular Hbond substituents is 1. The van der Waals surface area contributed by atoms with Crippen LogP contribution in [0, 0.1) is 0 Å². The van der Waals surface area contributed by atoms with Crippen molar-refractivity contribution in [3.63, 3.8) is 0 Å². The van der Waals surface area contributed by atoms with Crippen molar-refractivity contribution in [1.82, 2.24) is 15.0 Å². The van der Waals surface area contributed by atoms with Gasteiger partial charge in [0.1, 0.15) is 53.5 Å². The molecular weight excluding hydrogens is 767 g/mol. The largest absolute Gasteiger partial charge is 0.508 e. The second-order valence-electron chi connectivity index (χ2n) is 14.4. The molecule has 1 aliphatic heterocycles. The van der Waals surface area contributed by atoms with E-state index in [-0.39, 0.29) is 45.2 Å². The first-order chi connectivity index (χ1) is 29.4. The van der Waals surface area contributed by atoms with Crippen LogP contribution in [0.3, 0.4) is 0 Å². The first-order valence-electron chi connectivity index (χ1n) is 19.7. The molecule has 0 spiro atoms. The summed E-state index contributed by atoms with van der Waals surface area (Å²) in [7, 11) is 3.21. The maximum atomic E-state index is 12.3. The summed E-state index contributed by atoms with van der Waals surface area (Å²) < 4.78 is 46.8. The molecule has 312 valence electrons. The van der Waals surface area contributed by atoms with Gasteiger partial charge in [0.15, 0.2) is 6.04 Å². The SMILES string of the molecule is COc1ccc(OC)c([C@@H]2O[C@H](COCc3cn([C@@H](Cc4ccc(O)cc4)C(=O)O)nn3)[C@@H](OCc3ccccc3)[C@H](OCc3ccccc3)[C@H]2OCc2ccccc2)c1. The van der Waals surface area contributed by atoms with E-state index in [4.69, 9.17) is 33.2 Å². The Morgan fingerprint density at radius 2 is 1.28 bits per heavy atom. The standard InChI is InChI=1S/C47H49N3O10/c1-54-38-22-23-41(55-2)39(25-38)43-45(58-28-34-14-8-4-9-15-34)46(59-29-35-16-10-5-11-17-35)44(57-27-33-12-6-3-7-13-33)42(60-43)31-56-30-36-26-50(49-48-36)40(47(52)53)24-32-18-20-37(51)21-19-32/h3-23,25-26,40,42-46,51H,24,27-31H2,1-2H3,(H,52,53)/t40-,42+,43-,44+,45-,46-/m0/s1. The molecule has 7 rings (SSSR count). The number of methoxy groups -OCH3 is 2. The van der Waals surface area contributed by atoms with Gasteiger partial charge < -0.3 is 43.4 Å². The fraction of sp³-hybridized carbons (Fsp3) is 0.298. The van der Waals surface area contributed by atoms with Gasteiger partial charge in [-0.15, -0.1) is 5.10 Å². The molecule has 0 unspecified atom stereocenters. The summed E-state index contributed by atoms with van der Waals surface area (Å²) >= 11 is 0. The first-order valence-corrected chi connectivity index (χ1v) is 19.7. The van der Waals surface area contributed by atoms with Crippen LogP contribution < -0.4 is 9.47 Å². The van der Waals surface area contributed by atoms with E-state index in [1.54, 1.807) is 32.5 Å². The summed E-state index contributed by atoms with van der Waals surface area (Å²) in [5.41, 5.74) is 4.77. The molecule has 0 bridgehead atoms. The van der Waals surface area contributed by atoms with Crippen LogP contribution in [-0.2, 0) is 61.3 Å². The predicted molar refractivity (Wildman–Crippen MR) is 220 cm³/mol. The summed E-state index contributed by atoms with van der Waals surface area (Å²) in [6.45, 7) is 0.862. The van der Waals surface area contributed by atoms with Gasteiger partial charge in [0, 0.05) is 12.0 Å². The Balaban J connectivity index is 1.20. The number of carboxylic acids is 1. The molecule has 1 fully saturated rings. The number of benzene rings is 5. The quantitative estimate of drug-likeness (QED) is 0.0797. The van der Waals surface area contributed by atoms with Crippen LogP contribution in [-0.4, -0.2) is 76.4 Å². The third kappa shape index (κ3) is 10.9. The van der Waals surface area contributed by atoms with Crippen molar-refractivity contribution >= 4 is 5.97 Å². The summed E-state index contributed by atoms with van der Waals surface area (Å²) in [5.74, 6) is 0.218. The fourth-order valence-corrected chi connectivity index (χ4v) is 7.20. The highest BCUT2D eigenvalue weighted by molar-refractivity contribution is 5.72. The molecule has 0 aliphatic carbocycles. The molecular formula is C47H49N3O10. The van der Waals surface area contributed by atoms with Gasteiger partial charge in [-0.1, -0.05) is 108 Å². The van der Waals surface area contributed by atoms with Crippen molar-refractivity contribution in [3.8, 4) is 17.2 Å². The van der Waals surface area contributed by atoms with Crippen molar-refractivity contribution in [1.29, 1.82) is 0 Å². The zero-order valence-corrected chi connectivity index (χ0v) is 33.5. The Morgan fingerprint density at radius 3 is 1.85 bits per heavy atom. The van der Waals surface area contributed by atoms with E-state index in [2.05, 4.69) is 10.3 Å².